The van der Waals surface area contributed by atoms with E-state index in [1.165, 1.54) is 24.6 Å². The third-order valence-electron chi connectivity index (χ3n) is 5.50. The lowest BCUT2D eigenvalue weighted by atomic mass is 10.2. The van der Waals surface area contributed by atoms with Gasteiger partial charge in [-0.2, -0.15) is 0 Å². The third-order valence-corrected chi connectivity index (χ3v) is 6.98. The molecular weight excluding hydrogens is 486 g/mol. The van der Waals surface area contributed by atoms with Crippen molar-refractivity contribution in [2.24, 2.45) is 4.99 Å². The molecular formula is C26H32ClN3O4S. The smallest absolute Gasteiger partial charge is 0.238 e. The van der Waals surface area contributed by atoms with Crippen molar-refractivity contribution in [3.05, 3.63) is 47.5 Å². The number of hydrogen-bond acceptors (Lipinski definition) is 6. The van der Waals surface area contributed by atoms with Crippen LogP contribution in [0, 0.1) is 0 Å². The summed E-state index contributed by atoms with van der Waals surface area (Å²) in [4.78, 5) is 31.9. The minimum Gasteiger partial charge on any atom is -0.495 e. The molecule has 1 unspecified atom stereocenters. The molecule has 1 atom stereocenters. The first-order valence-corrected chi connectivity index (χ1v) is 13.1. The predicted molar refractivity (Wildman–Crippen MR) is 143 cm³/mol. The molecule has 35 heavy (non-hydrogen) atoms. The number of carbonyl (C=O) groups excluding carboxylic acids is 2. The number of benzene rings is 2. The summed E-state index contributed by atoms with van der Waals surface area (Å²) in [7, 11) is 1.54. The molecule has 1 aliphatic rings. The Morgan fingerprint density at radius 1 is 1.17 bits per heavy atom. The van der Waals surface area contributed by atoms with Gasteiger partial charge in [-0.1, -0.05) is 49.5 Å². The number of ether oxygens (including phenoxy) is 2. The van der Waals surface area contributed by atoms with Crippen molar-refractivity contribution < 1.29 is 19.1 Å². The fourth-order valence-corrected chi connectivity index (χ4v) is 4.98. The SMILES string of the molecule is CCCCCCOc1ccc(NC(=O)C2CC(=O)N(CC)C(=Nc3ccc(OC)c(Cl)c3)S2)cc1. The van der Waals surface area contributed by atoms with E-state index in [0.29, 0.717) is 40.5 Å². The highest BCUT2D eigenvalue weighted by molar-refractivity contribution is 8.15. The summed E-state index contributed by atoms with van der Waals surface area (Å²) in [6.45, 7) is 5.20. The highest BCUT2D eigenvalue weighted by Gasteiger charge is 2.35. The molecule has 3 rings (SSSR count). The van der Waals surface area contributed by atoms with Gasteiger partial charge in [0.25, 0.3) is 0 Å². The normalized spacial score (nSPS) is 16.9. The Kier molecular flexibility index (Phi) is 10.3. The van der Waals surface area contributed by atoms with E-state index in [9.17, 15) is 9.59 Å². The van der Waals surface area contributed by atoms with E-state index in [0.717, 1.165) is 18.6 Å². The molecule has 0 aromatic heterocycles. The zero-order valence-corrected chi connectivity index (χ0v) is 22.0. The molecule has 2 aromatic rings. The van der Waals surface area contributed by atoms with Crippen molar-refractivity contribution in [3.8, 4) is 11.5 Å². The highest BCUT2D eigenvalue weighted by atomic mass is 35.5. The van der Waals surface area contributed by atoms with Gasteiger partial charge in [0.2, 0.25) is 11.8 Å². The van der Waals surface area contributed by atoms with E-state index in [1.54, 1.807) is 42.3 Å². The van der Waals surface area contributed by atoms with Crippen LogP contribution in [0.2, 0.25) is 5.02 Å². The number of amidine groups is 1. The van der Waals surface area contributed by atoms with Crippen LogP contribution in [0.15, 0.2) is 47.5 Å². The van der Waals surface area contributed by atoms with E-state index >= 15 is 0 Å². The first-order valence-electron chi connectivity index (χ1n) is 11.9. The van der Waals surface area contributed by atoms with Gasteiger partial charge in [-0.15, -0.1) is 0 Å². The Bertz CT molecular complexity index is 1050. The molecule has 9 heteroatoms. The lowest BCUT2D eigenvalue weighted by Gasteiger charge is -2.31. The van der Waals surface area contributed by atoms with E-state index in [2.05, 4.69) is 17.2 Å². The Morgan fingerprint density at radius 2 is 1.94 bits per heavy atom. The number of nitrogens with one attached hydrogen (secondary N) is 1. The number of amides is 2. The number of aliphatic imine (C=N–C) groups is 1. The molecule has 1 aliphatic heterocycles. The molecule has 1 fully saturated rings. The number of nitrogens with zero attached hydrogens (tertiary/aromatic N) is 2. The number of thioether (sulfide) groups is 1. The quantitative estimate of drug-likeness (QED) is 0.354. The molecule has 188 valence electrons. The van der Waals surface area contributed by atoms with Crippen LogP contribution in [0.4, 0.5) is 11.4 Å². The van der Waals surface area contributed by atoms with Crippen LogP contribution in [0.3, 0.4) is 0 Å². The monoisotopic (exact) mass is 517 g/mol. The van der Waals surface area contributed by atoms with Crippen LogP contribution in [0.25, 0.3) is 0 Å². The second-order valence-corrected chi connectivity index (χ2v) is 9.66. The maximum Gasteiger partial charge on any atom is 0.238 e. The van der Waals surface area contributed by atoms with Gasteiger partial charge in [0.05, 0.1) is 24.4 Å². The molecule has 2 amide bonds. The van der Waals surface area contributed by atoms with Crippen LogP contribution in [-0.2, 0) is 9.59 Å². The molecule has 1 N–H and O–H groups in total. The number of unbranched alkanes of at least 4 members (excludes halogenated alkanes) is 3. The largest absolute Gasteiger partial charge is 0.495 e. The summed E-state index contributed by atoms with van der Waals surface area (Å²) < 4.78 is 10.9. The average Bonchev–Trinajstić information content (AvgIpc) is 2.85. The molecule has 2 aromatic carbocycles. The molecule has 1 heterocycles. The highest BCUT2D eigenvalue weighted by Crippen LogP contribution is 2.33. The van der Waals surface area contributed by atoms with Gasteiger partial charge in [0.1, 0.15) is 16.7 Å². The molecule has 0 bridgehead atoms. The Morgan fingerprint density at radius 3 is 2.60 bits per heavy atom. The fraction of sp³-hybridized carbons (Fsp3) is 0.423. The summed E-state index contributed by atoms with van der Waals surface area (Å²) in [5.74, 6) is 0.928. The maximum absolute atomic E-state index is 13.0. The second kappa shape index (κ2) is 13.4. The Hall–Kier alpha value is -2.71. The van der Waals surface area contributed by atoms with Crippen molar-refractivity contribution in [2.75, 3.05) is 25.6 Å². The minimum absolute atomic E-state index is 0.103. The first-order chi connectivity index (χ1) is 16.9. The zero-order chi connectivity index (χ0) is 25.2. The topological polar surface area (TPSA) is 80.2 Å². The standard InChI is InChI=1S/C26H32ClN3O4S/c1-4-6-7-8-15-34-20-12-9-18(10-13-20)28-25(32)23-17-24(31)30(5-2)26(35-23)29-19-11-14-22(33-3)21(27)16-19/h9-14,16,23H,4-8,15,17H2,1-3H3,(H,28,32). The van der Waals surface area contributed by atoms with Crippen LogP contribution in [0.1, 0.15) is 46.0 Å². The predicted octanol–water partition coefficient (Wildman–Crippen LogP) is 6.29. The molecule has 1 saturated heterocycles. The van der Waals surface area contributed by atoms with E-state index in [4.69, 9.17) is 21.1 Å². The second-order valence-electron chi connectivity index (χ2n) is 8.08. The fourth-order valence-electron chi connectivity index (χ4n) is 3.56. The number of halogens is 1. The Balaban J connectivity index is 1.64. The number of hydrogen-bond donors (Lipinski definition) is 1. The summed E-state index contributed by atoms with van der Waals surface area (Å²) in [5, 5.41) is 3.21. The van der Waals surface area contributed by atoms with E-state index < -0.39 is 5.25 Å². The van der Waals surface area contributed by atoms with Crippen LogP contribution in [-0.4, -0.2) is 47.4 Å². The Labute approximate surface area is 216 Å². The number of carbonyl (C=O) groups is 2. The van der Waals surface area contributed by atoms with Gasteiger partial charge in [0, 0.05) is 18.7 Å². The summed E-state index contributed by atoms with van der Waals surface area (Å²) in [6, 6.07) is 12.4. The third kappa shape index (κ3) is 7.64. The van der Waals surface area contributed by atoms with Gasteiger partial charge >= 0.3 is 0 Å². The molecule has 0 radical (unpaired) electrons. The lowest BCUT2D eigenvalue weighted by Crippen LogP contribution is -2.45. The van der Waals surface area contributed by atoms with Crippen LogP contribution < -0.4 is 14.8 Å². The van der Waals surface area contributed by atoms with Crippen molar-refractivity contribution in [1.29, 1.82) is 0 Å². The minimum atomic E-state index is -0.590. The van der Waals surface area contributed by atoms with Crippen molar-refractivity contribution in [1.82, 2.24) is 4.90 Å². The number of anilines is 1. The number of methoxy groups -OCH3 is 1. The van der Waals surface area contributed by atoms with Crippen molar-refractivity contribution in [2.45, 2.75) is 51.2 Å². The summed E-state index contributed by atoms with van der Waals surface area (Å²) in [5.41, 5.74) is 1.23. The van der Waals surface area contributed by atoms with Crippen molar-refractivity contribution in [3.63, 3.8) is 0 Å². The van der Waals surface area contributed by atoms with Crippen LogP contribution in [0.5, 0.6) is 11.5 Å². The van der Waals surface area contributed by atoms with Gasteiger partial charge in [-0.25, -0.2) is 4.99 Å². The van der Waals surface area contributed by atoms with Gasteiger partial charge in [0.15, 0.2) is 5.17 Å². The molecule has 0 spiro atoms. The molecule has 0 aliphatic carbocycles. The lowest BCUT2D eigenvalue weighted by molar-refractivity contribution is -0.129. The van der Waals surface area contributed by atoms with Gasteiger partial charge in [-0.05, 0) is 55.8 Å². The molecule has 0 saturated carbocycles. The van der Waals surface area contributed by atoms with Crippen LogP contribution >= 0.6 is 23.4 Å². The summed E-state index contributed by atoms with van der Waals surface area (Å²) >= 11 is 7.49. The zero-order valence-electron chi connectivity index (χ0n) is 20.4. The first kappa shape index (κ1) is 26.9. The molecule has 7 nitrogen and oxygen atoms in total. The van der Waals surface area contributed by atoms with E-state index in [1.807, 2.05) is 19.1 Å². The maximum atomic E-state index is 13.0. The van der Waals surface area contributed by atoms with Gasteiger partial charge in [-0.3, -0.25) is 14.5 Å². The van der Waals surface area contributed by atoms with Crippen molar-refractivity contribution >= 4 is 51.7 Å². The summed E-state index contributed by atoms with van der Waals surface area (Å²) in [6.07, 6.45) is 4.70. The average molecular weight is 518 g/mol. The van der Waals surface area contributed by atoms with E-state index in [-0.39, 0.29) is 18.2 Å². The van der Waals surface area contributed by atoms with Gasteiger partial charge < -0.3 is 14.8 Å². The number of rotatable bonds is 11.